The van der Waals surface area contributed by atoms with Crippen LogP contribution >= 0.6 is 0 Å². The topological polar surface area (TPSA) is 99.1 Å². The van der Waals surface area contributed by atoms with E-state index in [4.69, 9.17) is 4.74 Å². The number of aliphatic hydroxyl groups is 1. The SMILES string of the molecule is CCCOC(=O)CC(O)(CC(=O)OC)C(=O)OC. The molecule has 0 aromatic heterocycles. The lowest BCUT2D eigenvalue weighted by atomic mass is 9.96. The third kappa shape index (κ3) is 5.13. The molecule has 0 aromatic rings. The Hall–Kier alpha value is -1.63. The minimum atomic E-state index is -2.26. The molecule has 1 unspecified atom stereocenters. The second kappa shape index (κ2) is 7.65. The number of carbonyl (C=O) groups excluding carboxylic acids is 3. The number of carbonyl (C=O) groups is 3. The number of hydrogen-bond acceptors (Lipinski definition) is 7. The van der Waals surface area contributed by atoms with Gasteiger partial charge in [-0.15, -0.1) is 0 Å². The molecule has 7 nitrogen and oxygen atoms in total. The predicted molar refractivity (Wildman–Crippen MR) is 59.5 cm³/mol. The van der Waals surface area contributed by atoms with Crippen LogP contribution < -0.4 is 0 Å². The molecule has 0 aliphatic rings. The van der Waals surface area contributed by atoms with Crippen LogP contribution in [0.3, 0.4) is 0 Å². The van der Waals surface area contributed by atoms with Crippen molar-refractivity contribution in [2.75, 3.05) is 20.8 Å². The largest absolute Gasteiger partial charge is 0.469 e. The summed E-state index contributed by atoms with van der Waals surface area (Å²) >= 11 is 0. The third-order valence-corrected chi connectivity index (χ3v) is 2.13. The molecule has 0 rings (SSSR count). The molecule has 0 spiro atoms. The first-order valence-corrected chi connectivity index (χ1v) is 5.42. The number of methoxy groups -OCH3 is 2. The molecule has 0 aromatic carbocycles. The molecule has 0 heterocycles. The zero-order valence-electron chi connectivity index (χ0n) is 10.7. The van der Waals surface area contributed by atoms with Crippen molar-refractivity contribution in [3.8, 4) is 0 Å². The van der Waals surface area contributed by atoms with Crippen LogP contribution in [-0.4, -0.2) is 49.4 Å². The van der Waals surface area contributed by atoms with Crippen LogP contribution in [0.15, 0.2) is 0 Å². The van der Waals surface area contributed by atoms with Gasteiger partial charge in [0.25, 0.3) is 0 Å². The van der Waals surface area contributed by atoms with Crippen molar-refractivity contribution >= 4 is 17.9 Å². The highest BCUT2D eigenvalue weighted by atomic mass is 16.6. The summed E-state index contributed by atoms with van der Waals surface area (Å²) in [6, 6.07) is 0. The summed E-state index contributed by atoms with van der Waals surface area (Å²) < 4.78 is 13.4. The Labute approximate surface area is 105 Å². The monoisotopic (exact) mass is 262 g/mol. The highest BCUT2D eigenvalue weighted by molar-refractivity contribution is 5.89. The molecule has 0 saturated heterocycles. The summed E-state index contributed by atoms with van der Waals surface area (Å²) in [6.07, 6.45) is -0.717. The molecule has 0 saturated carbocycles. The van der Waals surface area contributed by atoms with E-state index < -0.39 is 36.4 Å². The Morgan fingerprint density at radius 2 is 1.61 bits per heavy atom. The molecular weight excluding hydrogens is 244 g/mol. The Morgan fingerprint density at radius 3 is 2.06 bits per heavy atom. The second-order valence-corrected chi connectivity index (χ2v) is 3.67. The van der Waals surface area contributed by atoms with Crippen LogP contribution in [0, 0.1) is 0 Å². The lowest BCUT2D eigenvalue weighted by molar-refractivity contribution is -0.175. The lowest BCUT2D eigenvalue weighted by Crippen LogP contribution is -2.44. The van der Waals surface area contributed by atoms with Gasteiger partial charge >= 0.3 is 17.9 Å². The van der Waals surface area contributed by atoms with Crippen molar-refractivity contribution in [2.24, 2.45) is 0 Å². The number of rotatable bonds is 7. The first kappa shape index (κ1) is 16.4. The average Bonchev–Trinajstić information content (AvgIpc) is 2.34. The van der Waals surface area contributed by atoms with E-state index in [9.17, 15) is 19.5 Å². The van der Waals surface area contributed by atoms with Crippen LogP contribution in [-0.2, 0) is 28.6 Å². The van der Waals surface area contributed by atoms with Gasteiger partial charge in [-0.3, -0.25) is 9.59 Å². The molecular formula is C11H18O7. The Kier molecular flexibility index (Phi) is 6.96. The van der Waals surface area contributed by atoms with Crippen molar-refractivity contribution in [1.29, 1.82) is 0 Å². The van der Waals surface area contributed by atoms with Crippen molar-refractivity contribution < 1.29 is 33.7 Å². The molecule has 18 heavy (non-hydrogen) atoms. The van der Waals surface area contributed by atoms with Gasteiger partial charge in [0.05, 0.1) is 33.7 Å². The standard InChI is InChI=1S/C11H18O7/c1-4-5-18-9(13)7-11(15,10(14)17-3)6-8(12)16-2/h15H,4-7H2,1-3H3. The van der Waals surface area contributed by atoms with Gasteiger partial charge < -0.3 is 19.3 Å². The molecule has 1 atom stereocenters. The zero-order chi connectivity index (χ0) is 14.2. The van der Waals surface area contributed by atoms with E-state index >= 15 is 0 Å². The van der Waals surface area contributed by atoms with E-state index in [0.29, 0.717) is 6.42 Å². The van der Waals surface area contributed by atoms with Crippen LogP contribution in [0.25, 0.3) is 0 Å². The summed E-state index contributed by atoms with van der Waals surface area (Å²) in [5.74, 6) is -2.69. The van der Waals surface area contributed by atoms with Crippen molar-refractivity contribution in [2.45, 2.75) is 31.8 Å². The predicted octanol–water partition coefficient (Wildman–Crippen LogP) is -0.203. The Balaban J connectivity index is 4.71. The van der Waals surface area contributed by atoms with Crippen molar-refractivity contribution in [1.82, 2.24) is 0 Å². The molecule has 0 radical (unpaired) electrons. The molecule has 0 fully saturated rings. The van der Waals surface area contributed by atoms with Gasteiger partial charge in [0.2, 0.25) is 0 Å². The minimum absolute atomic E-state index is 0.175. The highest BCUT2D eigenvalue weighted by Gasteiger charge is 2.42. The molecule has 0 aliphatic carbocycles. The summed E-state index contributed by atoms with van der Waals surface area (Å²) in [4.78, 5) is 33.9. The number of esters is 3. The zero-order valence-corrected chi connectivity index (χ0v) is 10.7. The molecule has 104 valence electrons. The van der Waals surface area contributed by atoms with Gasteiger partial charge in [0.15, 0.2) is 5.60 Å². The van der Waals surface area contributed by atoms with Crippen LogP contribution in [0.2, 0.25) is 0 Å². The first-order chi connectivity index (χ1) is 8.39. The minimum Gasteiger partial charge on any atom is -0.469 e. The van der Waals surface area contributed by atoms with Gasteiger partial charge in [-0.2, -0.15) is 0 Å². The molecule has 1 N–H and O–H groups in total. The average molecular weight is 262 g/mol. The maximum absolute atomic E-state index is 11.4. The normalized spacial score (nSPS) is 13.3. The van der Waals surface area contributed by atoms with Gasteiger partial charge in [-0.25, -0.2) is 4.79 Å². The Bertz CT molecular complexity index is 313. The van der Waals surface area contributed by atoms with Gasteiger partial charge in [-0.1, -0.05) is 6.92 Å². The van der Waals surface area contributed by atoms with E-state index in [0.717, 1.165) is 14.2 Å². The van der Waals surface area contributed by atoms with E-state index in [-0.39, 0.29) is 6.61 Å². The molecule has 0 bridgehead atoms. The molecule has 0 aliphatic heterocycles. The summed E-state index contributed by atoms with van der Waals surface area (Å²) in [6.45, 7) is 1.97. The maximum atomic E-state index is 11.4. The highest BCUT2D eigenvalue weighted by Crippen LogP contribution is 2.19. The summed E-state index contributed by atoms with van der Waals surface area (Å²) in [5.41, 5.74) is -2.26. The second-order valence-electron chi connectivity index (χ2n) is 3.67. The lowest BCUT2D eigenvalue weighted by Gasteiger charge is -2.22. The van der Waals surface area contributed by atoms with Crippen molar-refractivity contribution in [3.63, 3.8) is 0 Å². The van der Waals surface area contributed by atoms with Gasteiger partial charge in [0, 0.05) is 0 Å². The Morgan fingerprint density at radius 1 is 1.06 bits per heavy atom. The van der Waals surface area contributed by atoms with Crippen LogP contribution in [0.4, 0.5) is 0 Å². The van der Waals surface area contributed by atoms with Gasteiger partial charge in [-0.05, 0) is 6.42 Å². The van der Waals surface area contributed by atoms with E-state index in [1.165, 1.54) is 0 Å². The number of ether oxygens (including phenoxy) is 3. The van der Waals surface area contributed by atoms with E-state index in [1.807, 2.05) is 0 Å². The van der Waals surface area contributed by atoms with E-state index in [2.05, 4.69) is 9.47 Å². The fourth-order valence-corrected chi connectivity index (χ4v) is 1.21. The maximum Gasteiger partial charge on any atom is 0.339 e. The van der Waals surface area contributed by atoms with Gasteiger partial charge in [0.1, 0.15) is 0 Å². The summed E-state index contributed by atoms with van der Waals surface area (Å²) in [5, 5.41) is 9.97. The van der Waals surface area contributed by atoms with Crippen LogP contribution in [0.1, 0.15) is 26.2 Å². The number of hydrogen-bond donors (Lipinski definition) is 1. The van der Waals surface area contributed by atoms with Crippen molar-refractivity contribution in [3.05, 3.63) is 0 Å². The fraction of sp³-hybridized carbons (Fsp3) is 0.727. The third-order valence-electron chi connectivity index (χ3n) is 2.13. The fourth-order valence-electron chi connectivity index (χ4n) is 1.21. The van der Waals surface area contributed by atoms with E-state index in [1.54, 1.807) is 6.92 Å². The quantitative estimate of drug-likeness (QED) is 0.501. The molecule has 7 heteroatoms. The molecule has 0 amide bonds. The van der Waals surface area contributed by atoms with Crippen LogP contribution in [0.5, 0.6) is 0 Å². The first-order valence-electron chi connectivity index (χ1n) is 5.42. The smallest absolute Gasteiger partial charge is 0.339 e. The summed E-state index contributed by atoms with van der Waals surface area (Å²) in [7, 11) is 2.15.